The van der Waals surface area contributed by atoms with Crippen molar-refractivity contribution in [3.8, 4) is 0 Å². The van der Waals surface area contributed by atoms with Crippen molar-refractivity contribution < 1.29 is 4.79 Å². The Labute approximate surface area is 121 Å². The average molecular weight is 272 g/mol. The summed E-state index contributed by atoms with van der Waals surface area (Å²) in [6, 6.07) is 8.70. The largest absolute Gasteiger partial charge is 0.399 e. The summed E-state index contributed by atoms with van der Waals surface area (Å²) in [4.78, 5) is 15.3. The van der Waals surface area contributed by atoms with Crippen molar-refractivity contribution in [1.82, 2.24) is 4.90 Å². The summed E-state index contributed by atoms with van der Waals surface area (Å²) >= 11 is 0. The van der Waals surface area contributed by atoms with Gasteiger partial charge in [-0.1, -0.05) is 19.1 Å². The molecule has 2 fully saturated rings. The fraction of sp³-hybridized carbons (Fsp3) is 0.588. The van der Waals surface area contributed by atoms with Crippen LogP contribution in [0.4, 0.5) is 5.69 Å². The van der Waals surface area contributed by atoms with E-state index in [2.05, 4.69) is 18.7 Å². The molecule has 0 aromatic heterocycles. The maximum absolute atomic E-state index is 13.1. The van der Waals surface area contributed by atoms with E-state index < -0.39 is 0 Å². The minimum absolute atomic E-state index is 0.250. The third-order valence-corrected chi connectivity index (χ3v) is 5.11. The minimum atomic E-state index is -0.250. The van der Waals surface area contributed by atoms with Crippen LogP contribution in [0, 0.1) is 0 Å². The molecule has 1 aromatic rings. The standard InChI is InChI=1S/C17H24N2O/c1-3-15-9-4-12(2)19(15)16(20)17(10-11-17)13-5-7-14(18)8-6-13/h5-8,12,15H,3-4,9-11,18H2,1-2H3. The Morgan fingerprint density at radius 2 is 1.95 bits per heavy atom. The van der Waals surface area contributed by atoms with Gasteiger partial charge in [0.2, 0.25) is 5.91 Å². The lowest BCUT2D eigenvalue weighted by Crippen LogP contribution is -2.45. The maximum atomic E-state index is 13.1. The zero-order valence-electron chi connectivity index (χ0n) is 12.4. The Bertz CT molecular complexity index is 504. The van der Waals surface area contributed by atoms with Crippen molar-refractivity contribution in [3.63, 3.8) is 0 Å². The molecule has 0 bridgehead atoms. The first-order valence-electron chi connectivity index (χ1n) is 7.77. The van der Waals surface area contributed by atoms with E-state index in [0.717, 1.165) is 43.4 Å². The number of hydrogen-bond donors (Lipinski definition) is 1. The quantitative estimate of drug-likeness (QED) is 0.859. The third-order valence-electron chi connectivity index (χ3n) is 5.11. The predicted octanol–water partition coefficient (Wildman–Crippen LogP) is 3.09. The summed E-state index contributed by atoms with van der Waals surface area (Å²) in [5.41, 5.74) is 7.41. The molecule has 3 nitrogen and oxygen atoms in total. The van der Waals surface area contributed by atoms with Crippen molar-refractivity contribution in [3.05, 3.63) is 29.8 Å². The van der Waals surface area contributed by atoms with Crippen LogP contribution < -0.4 is 5.73 Å². The van der Waals surface area contributed by atoms with E-state index >= 15 is 0 Å². The highest BCUT2D eigenvalue weighted by molar-refractivity contribution is 5.92. The molecule has 1 saturated carbocycles. The molecule has 0 spiro atoms. The molecule has 2 unspecified atom stereocenters. The second-order valence-corrected chi connectivity index (χ2v) is 6.40. The van der Waals surface area contributed by atoms with Gasteiger partial charge in [0, 0.05) is 17.8 Å². The number of likely N-dealkylation sites (tertiary alicyclic amines) is 1. The molecular weight excluding hydrogens is 248 g/mol. The molecule has 108 valence electrons. The van der Waals surface area contributed by atoms with Crippen LogP contribution in [0.3, 0.4) is 0 Å². The van der Waals surface area contributed by atoms with Gasteiger partial charge in [0.25, 0.3) is 0 Å². The van der Waals surface area contributed by atoms with Gasteiger partial charge in [-0.2, -0.15) is 0 Å². The number of nitrogens with zero attached hydrogens (tertiary/aromatic N) is 1. The first-order chi connectivity index (χ1) is 9.58. The molecular formula is C17H24N2O. The predicted molar refractivity (Wildman–Crippen MR) is 81.4 cm³/mol. The van der Waals surface area contributed by atoms with Crippen LogP contribution in [0.1, 0.15) is 51.5 Å². The third kappa shape index (κ3) is 2.00. The molecule has 20 heavy (non-hydrogen) atoms. The highest BCUT2D eigenvalue weighted by atomic mass is 16.2. The highest BCUT2D eigenvalue weighted by Crippen LogP contribution is 2.51. The summed E-state index contributed by atoms with van der Waals surface area (Å²) in [5.74, 6) is 0.346. The first kappa shape index (κ1) is 13.5. The number of carbonyl (C=O) groups is 1. The van der Waals surface area contributed by atoms with Crippen molar-refractivity contribution in [1.29, 1.82) is 0 Å². The molecule has 0 radical (unpaired) electrons. The van der Waals surface area contributed by atoms with Crippen LogP contribution in [0.2, 0.25) is 0 Å². The van der Waals surface area contributed by atoms with Gasteiger partial charge in [-0.15, -0.1) is 0 Å². The van der Waals surface area contributed by atoms with Crippen LogP contribution in [-0.4, -0.2) is 22.9 Å². The Balaban J connectivity index is 1.88. The Morgan fingerprint density at radius 1 is 1.30 bits per heavy atom. The summed E-state index contributed by atoms with van der Waals surface area (Å²) in [5, 5.41) is 0. The lowest BCUT2D eigenvalue weighted by molar-refractivity contribution is -0.136. The Hall–Kier alpha value is -1.51. The van der Waals surface area contributed by atoms with E-state index in [1.165, 1.54) is 0 Å². The zero-order chi connectivity index (χ0) is 14.3. The van der Waals surface area contributed by atoms with Crippen LogP contribution >= 0.6 is 0 Å². The van der Waals surface area contributed by atoms with Gasteiger partial charge < -0.3 is 10.6 Å². The van der Waals surface area contributed by atoms with Crippen molar-refractivity contribution >= 4 is 11.6 Å². The van der Waals surface area contributed by atoms with Gasteiger partial charge in [-0.3, -0.25) is 4.79 Å². The van der Waals surface area contributed by atoms with E-state index in [1.807, 2.05) is 24.3 Å². The molecule has 1 saturated heterocycles. The molecule has 1 heterocycles. The summed E-state index contributed by atoms with van der Waals surface area (Å²) < 4.78 is 0. The number of anilines is 1. The maximum Gasteiger partial charge on any atom is 0.233 e. The number of carbonyl (C=O) groups excluding carboxylic acids is 1. The van der Waals surface area contributed by atoms with Gasteiger partial charge in [-0.25, -0.2) is 0 Å². The second-order valence-electron chi connectivity index (χ2n) is 6.40. The number of rotatable bonds is 3. The van der Waals surface area contributed by atoms with Gasteiger partial charge in [0.15, 0.2) is 0 Å². The number of nitrogens with two attached hydrogens (primary N) is 1. The SMILES string of the molecule is CCC1CCC(C)N1C(=O)C1(c2ccc(N)cc2)CC1. The second kappa shape index (κ2) is 4.80. The molecule has 1 aliphatic heterocycles. The zero-order valence-corrected chi connectivity index (χ0v) is 12.4. The van der Waals surface area contributed by atoms with Crippen LogP contribution in [0.25, 0.3) is 0 Å². The van der Waals surface area contributed by atoms with Crippen molar-refractivity contribution in [2.45, 2.75) is 63.5 Å². The molecule has 1 aromatic carbocycles. The summed E-state index contributed by atoms with van der Waals surface area (Å²) in [6.45, 7) is 4.37. The van der Waals surface area contributed by atoms with E-state index in [-0.39, 0.29) is 5.41 Å². The van der Waals surface area contributed by atoms with E-state index in [9.17, 15) is 4.79 Å². The fourth-order valence-electron chi connectivity index (χ4n) is 3.64. The molecule has 1 aliphatic carbocycles. The molecule has 2 aliphatic rings. The van der Waals surface area contributed by atoms with E-state index in [0.29, 0.717) is 18.0 Å². The molecule has 1 amide bonds. The Kier molecular flexibility index (Phi) is 3.23. The summed E-state index contributed by atoms with van der Waals surface area (Å²) in [7, 11) is 0. The molecule has 2 atom stereocenters. The Morgan fingerprint density at radius 3 is 2.50 bits per heavy atom. The lowest BCUT2D eigenvalue weighted by Gasteiger charge is -2.32. The average Bonchev–Trinajstić information content (AvgIpc) is 3.17. The summed E-state index contributed by atoms with van der Waals surface area (Å²) in [6.07, 6.45) is 5.32. The van der Waals surface area contributed by atoms with Crippen LogP contribution in [-0.2, 0) is 10.2 Å². The molecule has 3 heteroatoms. The van der Waals surface area contributed by atoms with E-state index in [1.54, 1.807) is 0 Å². The molecule has 3 rings (SSSR count). The van der Waals surface area contributed by atoms with Crippen LogP contribution in [0.5, 0.6) is 0 Å². The number of benzene rings is 1. The van der Waals surface area contributed by atoms with Gasteiger partial charge >= 0.3 is 0 Å². The van der Waals surface area contributed by atoms with Crippen LogP contribution in [0.15, 0.2) is 24.3 Å². The topological polar surface area (TPSA) is 46.3 Å². The van der Waals surface area contributed by atoms with Gasteiger partial charge in [0.1, 0.15) is 0 Å². The lowest BCUT2D eigenvalue weighted by atomic mass is 9.93. The minimum Gasteiger partial charge on any atom is -0.399 e. The number of nitrogen functional groups attached to an aromatic ring is 1. The van der Waals surface area contributed by atoms with Gasteiger partial charge in [-0.05, 0) is 56.7 Å². The molecule has 2 N–H and O–H groups in total. The smallest absolute Gasteiger partial charge is 0.233 e. The monoisotopic (exact) mass is 272 g/mol. The first-order valence-corrected chi connectivity index (χ1v) is 7.77. The van der Waals surface area contributed by atoms with Crippen molar-refractivity contribution in [2.75, 3.05) is 5.73 Å². The van der Waals surface area contributed by atoms with Crippen molar-refractivity contribution in [2.24, 2.45) is 0 Å². The van der Waals surface area contributed by atoms with E-state index in [4.69, 9.17) is 5.73 Å². The number of hydrogen-bond acceptors (Lipinski definition) is 2. The highest BCUT2D eigenvalue weighted by Gasteiger charge is 2.55. The normalized spacial score (nSPS) is 27.6. The van der Waals surface area contributed by atoms with Gasteiger partial charge in [0.05, 0.1) is 5.41 Å². The number of amides is 1. The fourth-order valence-corrected chi connectivity index (χ4v) is 3.64.